The maximum Gasteiger partial charge on any atom is 0.264 e. The van der Waals surface area contributed by atoms with Gasteiger partial charge in [-0.05, 0) is 73.5 Å². The Kier molecular flexibility index (Phi) is 11.0. The van der Waals surface area contributed by atoms with Crippen LogP contribution in [-0.4, -0.2) is 43.8 Å². The Morgan fingerprint density at radius 1 is 0.837 bits per heavy atom. The van der Waals surface area contributed by atoms with Crippen LogP contribution < -0.4 is 9.62 Å². The predicted molar refractivity (Wildman–Crippen MR) is 174 cm³/mol. The van der Waals surface area contributed by atoms with Gasteiger partial charge in [-0.15, -0.1) is 0 Å². The molecule has 0 aliphatic heterocycles. The normalized spacial score (nSPS) is 12.0. The number of rotatable bonds is 12. The molecular weight excluding hydrogens is 650 g/mol. The first-order chi connectivity index (χ1) is 20.5. The van der Waals surface area contributed by atoms with E-state index in [4.69, 9.17) is 11.6 Å². The number of amides is 2. The number of carbonyl (C=O) groups is 2. The van der Waals surface area contributed by atoms with Crippen molar-refractivity contribution >= 4 is 55.1 Å². The molecule has 0 saturated carbocycles. The lowest BCUT2D eigenvalue weighted by Gasteiger charge is -2.34. The molecule has 0 aliphatic rings. The van der Waals surface area contributed by atoms with E-state index in [-0.39, 0.29) is 29.8 Å². The second kappa shape index (κ2) is 14.7. The Morgan fingerprint density at radius 3 is 2.05 bits per heavy atom. The van der Waals surface area contributed by atoms with Crippen LogP contribution in [0.3, 0.4) is 0 Å². The summed E-state index contributed by atoms with van der Waals surface area (Å²) in [6.07, 6.45) is 0.232. The van der Waals surface area contributed by atoms with E-state index in [1.54, 1.807) is 60.7 Å². The zero-order valence-corrected chi connectivity index (χ0v) is 27.0. The van der Waals surface area contributed by atoms with Crippen LogP contribution in [0.1, 0.15) is 25.0 Å². The van der Waals surface area contributed by atoms with Crippen LogP contribution in [0.15, 0.2) is 119 Å². The lowest BCUT2D eigenvalue weighted by atomic mass is 10.0. The van der Waals surface area contributed by atoms with Crippen molar-refractivity contribution in [2.75, 3.05) is 10.8 Å². The van der Waals surface area contributed by atoms with E-state index < -0.39 is 28.5 Å². The Hall–Kier alpha value is -3.66. The maximum absolute atomic E-state index is 14.4. The second-order valence-corrected chi connectivity index (χ2v) is 13.5. The van der Waals surface area contributed by atoms with Gasteiger partial charge in [-0.25, -0.2) is 8.42 Å². The molecule has 2 amide bonds. The summed E-state index contributed by atoms with van der Waals surface area (Å²) in [6.45, 7) is 3.21. The molecule has 0 heterocycles. The van der Waals surface area contributed by atoms with Crippen molar-refractivity contribution in [3.05, 3.63) is 130 Å². The van der Waals surface area contributed by atoms with E-state index in [9.17, 15) is 18.0 Å². The second-order valence-electron chi connectivity index (χ2n) is 10.3. The van der Waals surface area contributed by atoms with Crippen molar-refractivity contribution in [1.82, 2.24) is 10.2 Å². The number of nitrogens with one attached hydrogen (secondary N) is 1. The van der Waals surface area contributed by atoms with Gasteiger partial charge in [0, 0.05) is 28.5 Å². The zero-order chi connectivity index (χ0) is 31.0. The van der Waals surface area contributed by atoms with E-state index >= 15 is 0 Å². The average molecular weight is 683 g/mol. The summed E-state index contributed by atoms with van der Waals surface area (Å²) in [5.74, 6) is -0.877. The first kappa shape index (κ1) is 32.3. The molecule has 4 rings (SSSR count). The average Bonchev–Trinajstić information content (AvgIpc) is 2.98. The third-order valence-electron chi connectivity index (χ3n) is 6.67. The number of anilines is 1. The van der Waals surface area contributed by atoms with Gasteiger partial charge in [0.15, 0.2) is 0 Å². The van der Waals surface area contributed by atoms with Gasteiger partial charge in [0.2, 0.25) is 11.8 Å². The third kappa shape index (κ3) is 8.69. The topological polar surface area (TPSA) is 86.8 Å². The Labute approximate surface area is 266 Å². The van der Waals surface area contributed by atoms with Crippen LogP contribution in [0.2, 0.25) is 5.02 Å². The highest BCUT2D eigenvalue weighted by atomic mass is 79.9. The number of hydrogen-bond donors (Lipinski definition) is 1. The molecule has 0 unspecified atom stereocenters. The number of benzene rings is 4. The van der Waals surface area contributed by atoms with E-state index in [1.165, 1.54) is 17.0 Å². The molecule has 7 nitrogen and oxygen atoms in total. The SMILES string of the molecule is CC(C)NC(=O)[C@H](Cc1ccccc1)N(Cc1cccc(Cl)c1)C(=O)CN(c1ccc(Br)cc1)S(=O)(=O)c1ccccc1. The first-order valence-electron chi connectivity index (χ1n) is 13.8. The summed E-state index contributed by atoms with van der Waals surface area (Å²) in [7, 11) is -4.15. The van der Waals surface area contributed by atoms with Crippen LogP contribution in [0, 0.1) is 0 Å². The number of sulfonamides is 1. The Balaban J connectivity index is 1.79. The highest BCUT2D eigenvalue weighted by Crippen LogP contribution is 2.26. The van der Waals surface area contributed by atoms with Gasteiger partial charge in [0.05, 0.1) is 10.6 Å². The summed E-state index contributed by atoms with van der Waals surface area (Å²) in [6, 6.07) is 30.0. The van der Waals surface area contributed by atoms with Crippen molar-refractivity contribution < 1.29 is 18.0 Å². The maximum atomic E-state index is 14.4. The van der Waals surface area contributed by atoms with Gasteiger partial charge in [-0.1, -0.05) is 88.2 Å². The van der Waals surface area contributed by atoms with Gasteiger partial charge >= 0.3 is 0 Å². The number of halogens is 2. The molecule has 1 N–H and O–H groups in total. The van der Waals surface area contributed by atoms with Gasteiger partial charge in [0.25, 0.3) is 10.0 Å². The minimum atomic E-state index is -4.15. The Morgan fingerprint density at radius 2 is 1.44 bits per heavy atom. The lowest BCUT2D eigenvalue weighted by molar-refractivity contribution is -0.140. The number of hydrogen-bond acceptors (Lipinski definition) is 4. The fourth-order valence-corrected chi connectivity index (χ4v) is 6.53. The van der Waals surface area contributed by atoms with Crippen LogP contribution in [0.25, 0.3) is 0 Å². The van der Waals surface area contributed by atoms with Gasteiger partial charge in [-0.3, -0.25) is 13.9 Å². The van der Waals surface area contributed by atoms with Gasteiger partial charge in [0.1, 0.15) is 12.6 Å². The van der Waals surface area contributed by atoms with Crippen molar-refractivity contribution in [2.45, 2.75) is 43.8 Å². The van der Waals surface area contributed by atoms with E-state index in [1.807, 2.05) is 50.2 Å². The monoisotopic (exact) mass is 681 g/mol. The van der Waals surface area contributed by atoms with E-state index in [2.05, 4.69) is 21.2 Å². The van der Waals surface area contributed by atoms with E-state index in [0.717, 1.165) is 14.3 Å². The molecule has 0 spiro atoms. The molecule has 0 radical (unpaired) electrons. The molecule has 0 bridgehead atoms. The largest absolute Gasteiger partial charge is 0.352 e. The molecule has 4 aromatic carbocycles. The van der Waals surface area contributed by atoms with Crippen LogP contribution in [0.4, 0.5) is 5.69 Å². The molecule has 0 aliphatic carbocycles. The third-order valence-corrected chi connectivity index (χ3v) is 9.22. The summed E-state index contributed by atoms with van der Waals surface area (Å²) in [5.41, 5.74) is 1.88. The van der Waals surface area contributed by atoms with Crippen LogP contribution in [-0.2, 0) is 32.6 Å². The Bertz CT molecular complexity index is 1640. The van der Waals surface area contributed by atoms with Crippen molar-refractivity contribution in [2.24, 2.45) is 0 Å². The minimum absolute atomic E-state index is 0.0436. The molecule has 0 aromatic heterocycles. The number of carbonyl (C=O) groups excluding carboxylic acids is 2. The fourth-order valence-electron chi connectivity index (χ4n) is 4.62. The summed E-state index contributed by atoms with van der Waals surface area (Å²) < 4.78 is 29.8. The molecule has 0 fully saturated rings. The molecule has 4 aromatic rings. The standard InChI is InChI=1S/C33H33BrClN3O4S/c1-24(2)36-33(40)31(21-25-10-5-3-6-11-25)37(22-26-12-9-13-28(35)20-26)32(39)23-38(29-18-16-27(34)17-19-29)43(41,42)30-14-7-4-8-15-30/h3-20,24,31H,21-23H2,1-2H3,(H,36,40)/t31-/m0/s1. The first-order valence-corrected chi connectivity index (χ1v) is 16.4. The molecule has 43 heavy (non-hydrogen) atoms. The smallest absolute Gasteiger partial charge is 0.264 e. The van der Waals surface area contributed by atoms with E-state index in [0.29, 0.717) is 16.3 Å². The van der Waals surface area contributed by atoms with Crippen molar-refractivity contribution in [3.8, 4) is 0 Å². The minimum Gasteiger partial charge on any atom is -0.352 e. The van der Waals surface area contributed by atoms with Crippen molar-refractivity contribution in [3.63, 3.8) is 0 Å². The molecule has 0 saturated heterocycles. The molecule has 1 atom stereocenters. The van der Waals surface area contributed by atoms with Crippen molar-refractivity contribution in [1.29, 1.82) is 0 Å². The summed E-state index contributed by atoms with van der Waals surface area (Å²) in [4.78, 5) is 29.6. The van der Waals surface area contributed by atoms with Crippen LogP contribution in [0.5, 0.6) is 0 Å². The van der Waals surface area contributed by atoms with Gasteiger partial charge in [-0.2, -0.15) is 0 Å². The quantitative estimate of drug-likeness (QED) is 0.186. The van der Waals surface area contributed by atoms with Gasteiger partial charge < -0.3 is 10.2 Å². The molecular formula is C33H33BrClN3O4S. The highest BCUT2D eigenvalue weighted by Gasteiger charge is 2.34. The zero-order valence-electron chi connectivity index (χ0n) is 23.9. The highest BCUT2D eigenvalue weighted by molar-refractivity contribution is 9.10. The predicted octanol–water partition coefficient (Wildman–Crippen LogP) is 6.46. The number of nitrogens with zero attached hydrogens (tertiary/aromatic N) is 2. The fraction of sp³-hybridized carbons (Fsp3) is 0.212. The molecule has 224 valence electrons. The molecule has 10 heteroatoms. The van der Waals surface area contributed by atoms with Crippen LogP contribution >= 0.6 is 27.5 Å². The summed E-state index contributed by atoms with van der Waals surface area (Å²) in [5, 5.41) is 3.43. The lowest BCUT2D eigenvalue weighted by Crippen LogP contribution is -2.54. The summed E-state index contributed by atoms with van der Waals surface area (Å²) >= 11 is 9.67.